The number of ether oxygens (including phenoxy) is 1. The summed E-state index contributed by atoms with van der Waals surface area (Å²) in [5, 5.41) is 21.4. The van der Waals surface area contributed by atoms with Crippen molar-refractivity contribution in [2.45, 2.75) is 13.0 Å². The van der Waals surface area contributed by atoms with E-state index in [0.29, 0.717) is 0 Å². The van der Waals surface area contributed by atoms with Crippen LogP contribution < -0.4 is 10.1 Å². The van der Waals surface area contributed by atoms with Crippen LogP contribution in [0.4, 0.5) is 5.69 Å². The number of rotatable bonds is 6. The Morgan fingerprint density at radius 2 is 1.81 bits per heavy atom. The van der Waals surface area contributed by atoms with Gasteiger partial charge in [-0.15, -0.1) is 0 Å². The van der Waals surface area contributed by atoms with Crippen molar-refractivity contribution in [2.24, 2.45) is 5.92 Å². The molecule has 0 unspecified atom stereocenters. The first kappa shape index (κ1) is 12.8. The number of aliphatic hydroxyl groups excluding tert-OH is 2. The average Bonchev–Trinajstić information content (AvgIpc) is 2.35. The molecule has 0 amide bonds. The van der Waals surface area contributed by atoms with Crippen molar-refractivity contribution < 1.29 is 14.9 Å². The third-order valence-corrected chi connectivity index (χ3v) is 2.61. The first-order valence-electron chi connectivity index (χ1n) is 5.33. The number of benzene rings is 1. The average molecular weight is 225 g/mol. The van der Waals surface area contributed by atoms with E-state index in [-0.39, 0.29) is 25.2 Å². The lowest BCUT2D eigenvalue weighted by Gasteiger charge is -2.22. The van der Waals surface area contributed by atoms with Gasteiger partial charge in [0.1, 0.15) is 5.75 Å². The zero-order valence-corrected chi connectivity index (χ0v) is 9.68. The molecule has 0 saturated carbocycles. The molecule has 0 aliphatic heterocycles. The molecule has 2 atom stereocenters. The van der Waals surface area contributed by atoms with Gasteiger partial charge < -0.3 is 20.3 Å². The maximum absolute atomic E-state index is 9.19. The highest BCUT2D eigenvalue weighted by molar-refractivity contribution is 5.47. The molecule has 4 nitrogen and oxygen atoms in total. The fourth-order valence-electron chi connectivity index (χ4n) is 1.40. The van der Waals surface area contributed by atoms with E-state index in [0.717, 1.165) is 11.4 Å². The molecule has 1 aromatic carbocycles. The largest absolute Gasteiger partial charge is 0.497 e. The molecule has 0 radical (unpaired) electrons. The Hall–Kier alpha value is -1.26. The highest BCUT2D eigenvalue weighted by Gasteiger charge is 2.14. The molecule has 16 heavy (non-hydrogen) atoms. The quantitative estimate of drug-likeness (QED) is 0.678. The summed E-state index contributed by atoms with van der Waals surface area (Å²) < 4.78 is 5.05. The summed E-state index contributed by atoms with van der Waals surface area (Å²) in [6.07, 6.45) is 0. The van der Waals surface area contributed by atoms with Crippen molar-refractivity contribution in [3.05, 3.63) is 24.3 Å². The van der Waals surface area contributed by atoms with E-state index < -0.39 is 0 Å². The second kappa shape index (κ2) is 6.35. The van der Waals surface area contributed by atoms with Gasteiger partial charge in [0, 0.05) is 18.2 Å². The third-order valence-electron chi connectivity index (χ3n) is 2.61. The van der Waals surface area contributed by atoms with Crippen molar-refractivity contribution in [2.75, 3.05) is 25.6 Å². The summed E-state index contributed by atoms with van der Waals surface area (Å²) in [4.78, 5) is 0. The van der Waals surface area contributed by atoms with Gasteiger partial charge in [-0.3, -0.25) is 0 Å². The van der Waals surface area contributed by atoms with E-state index in [1.165, 1.54) is 0 Å². The molecule has 90 valence electrons. The minimum Gasteiger partial charge on any atom is -0.497 e. The van der Waals surface area contributed by atoms with E-state index in [1.807, 2.05) is 31.2 Å². The van der Waals surface area contributed by atoms with E-state index >= 15 is 0 Å². The van der Waals surface area contributed by atoms with Gasteiger partial charge in [0.2, 0.25) is 0 Å². The minimum atomic E-state index is -0.140. The lowest BCUT2D eigenvalue weighted by Crippen LogP contribution is -2.32. The van der Waals surface area contributed by atoms with Crippen LogP contribution in [0.1, 0.15) is 6.92 Å². The molecule has 0 aromatic heterocycles. The monoisotopic (exact) mass is 225 g/mol. The van der Waals surface area contributed by atoms with Gasteiger partial charge in [0.05, 0.1) is 19.8 Å². The maximum atomic E-state index is 9.19. The Bertz CT molecular complexity index is 300. The summed E-state index contributed by atoms with van der Waals surface area (Å²) in [6, 6.07) is 7.32. The van der Waals surface area contributed by atoms with Crippen molar-refractivity contribution >= 4 is 5.69 Å². The topological polar surface area (TPSA) is 61.7 Å². The van der Waals surface area contributed by atoms with Gasteiger partial charge in [0.15, 0.2) is 0 Å². The molecule has 0 aliphatic carbocycles. The molecule has 4 heteroatoms. The predicted octanol–water partition coefficient (Wildman–Crippen LogP) is 1.10. The number of hydrogen-bond donors (Lipinski definition) is 3. The number of aliphatic hydroxyl groups is 2. The second-order valence-electron chi connectivity index (χ2n) is 3.82. The Labute approximate surface area is 95.9 Å². The molecular weight excluding hydrogens is 206 g/mol. The van der Waals surface area contributed by atoms with E-state index in [9.17, 15) is 5.11 Å². The van der Waals surface area contributed by atoms with E-state index in [2.05, 4.69) is 5.32 Å². The Morgan fingerprint density at radius 3 is 2.25 bits per heavy atom. The van der Waals surface area contributed by atoms with Gasteiger partial charge >= 0.3 is 0 Å². The maximum Gasteiger partial charge on any atom is 0.119 e. The van der Waals surface area contributed by atoms with Crippen LogP contribution in [-0.2, 0) is 0 Å². The first-order valence-corrected chi connectivity index (χ1v) is 5.33. The fraction of sp³-hybridized carbons (Fsp3) is 0.500. The normalized spacial score (nSPS) is 14.2. The molecule has 3 N–H and O–H groups in total. The van der Waals surface area contributed by atoms with Crippen molar-refractivity contribution in [1.29, 1.82) is 0 Å². The van der Waals surface area contributed by atoms with Crippen molar-refractivity contribution in [1.82, 2.24) is 0 Å². The zero-order valence-electron chi connectivity index (χ0n) is 9.68. The Balaban J connectivity index is 2.63. The highest BCUT2D eigenvalue weighted by Crippen LogP contribution is 2.17. The lowest BCUT2D eigenvalue weighted by molar-refractivity contribution is 0.179. The zero-order chi connectivity index (χ0) is 12.0. The fourth-order valence-corrected chi connectivity index (χ4v) is 1.40. The van der Waals surface area contributed by atoms with Crippen molar-refractivity contribution in [3.8, 4) is 5.75 Å². The first-order chi connectivity index (χ1) is 7.71. The Morgan fingerprint density at radius 1 is 1.19 bits per heavy atom. The Kier molecular flexibility index (Phi) is 5.08. The van der Waals surface area contributed by atoms with Gasteiger partial charge in [-0.25, -0.2) is 0 Å². The molecule has 1 rings (SSSR count). The smallest absolute Gasteiger partial charge is 0.119 e. The summed E-state index contributed by atoms with van der Waals surface area (Å²) in [5.74, 6) is 0.799. The number of anilines is 1. The number of methoxy groups -OCH3 is 1. The minimum absolute atomic E-state index is 0.00619. The second-order valence-corrected chi connectivity index (χ2v) is 3.82. The van der Waals surface area contributed by atoms with Gasteiger partial charge in [-0.05, 0) is 24.3 Å². The van der Waals surface area contributed by atoms with Crippen LogP contribution in [0, 0.1) is 5.92 Å². The number of nitrogens with one attached hydrogen (secondary N) is 1. The molecule has 0 saturated heterocycles. The highest BCUT2D eigenvalue weighted by atomic mass is 16.5. The molecule has 0 heterocycles. The summed E-state index contributed by atoms with van der Waals surface area (Å²) in [7, 11) is 1.62. The molecule has 0 aliphatic rings. The van der Waals surface area contributed by atoms with Crippen LogP contribution in [0.5, 0.6) is 5.75 Å². The summed E-state index contributed by atoms with van der Waals surface area (Å²) in [5.41, 5.74) is 0.903. The van der Waals surface area contributed by atoms with Crippen LogP contribution in [-0.4, -0.2) is 36.6 Å². The van der Waals surface area contributed by atoms with Gasteiger partial charge in [-0.2, -0.15) is 0 Å². The molecule has 0 fully saturated rings. The van der Waals surface area contributed by atoms with Crippen molar-refractivity contribution in [3.63, 3.8) is 0 Å². The van der Waals surface area contributed by atoms with E-state index in [1.54, 1.807) is 7.11 Å². The lowest BCUT2D eigenvalue weighted by atomic mass is 10.0. The van der Waals surface area contributed by atoms with Crippen LogP contribution in [0.25, 0.3) is 0 Å². The molecule has 1 aromatic rings. The summed E-state index contributed by atoms with van der Waals surface area (Å²) in [6.45, 7) is 1.93. The van der Waals surface area contributed by atoms with Gasteiger partial charge in [-0.1, -0.05) is 6.92 Å². The number of hydrogen-bond acceptors (Lipinski definition) is 4. The van der Waals surface area contributed by atoms with Crippen LogP contribution in [0.15, 0.2) is 24.3 Å². The van der Waals surface area contributed by atoms with Gasteiger partial charge in [0.25, 0.3) is 0 Å². The van der Waals surface area contributed by atoms with Crippen LogP contribution >= 0.6 is 0 Å². The SMILES string of the molecule is COc1ccc(N[C@H](CO)[C@H](C)CO)cc1. The standard InChI is InChI=1S/C12H19NO3/c1-9(7-14)12(8-15)13-10-3-5-11(16-2)6-4-10/h3-6,9,12-15H,7-8H2,1-2H3/t9-,12-/m1/s1. The molecular formula is C12H19NO3. The predicted molar refractivity (Wildman–Crippen MR) is 63.7 cm³/mol. The molecule has 0 spiro atoms. The summed E-state index contributed by atoms with van der Waals surface area (Å²) >= 11 is 0. The van der Waals surface area contributed by atoms with Crippen LogP contribution in [0.3, 0.4) is 0 Å². The van der Waals surface area contributed by atoms with Crippen LogP contribution in [0.2, 0.25) is 0 Å². The van der Waals surface area contributed by atoms with E-state index in [4.69, 9.17) is 9.84 Å². The third kappa shape index (κ3) is 3.40. The molecule has 0 bridgehead atoms.